The zero-order chi connectivity index (χ0) is 21.2. The third-order valence-electron chi connectivity index (χ3n) is 4.02. The lowest BCUT2D eigenvalue weighted by Crippen LogP contribution is -2.41. The molecule has 2 aromatic carbocycles. The zero-order valence-corrected chi connectivity index (χ0v) is 17.4. The van der Waals surface area contributed by atoms with E-state index in [0.29, 0.717) is 17.2 Å². The SMILES string of the molecule is CCOc1ccc(Nc2ccc(Cl)cc2/C=N\NC(=O)C(=O)N[C@H](C)CC)cc1. The zero-order valence-electron chi connectivity index (χ0n) is 16.7. The van der Waals surface area contributed by atoms with Crippen LogP contribution in [0.3, 0.4) is 0 Å². The van der Waals surface area contributed by atoms with E-state index >= 15 is 0 Å². The van der Waals surface area contributed by atoms with Crippen LogP contribution in [0.5, 0.6) is 5.75 Å². The van der Waals surface area contributed by atoms with Gasteiger partial charge in [-0.1, -0.05) is 18.5 Å². The number of halogens is 1. The third-order valence-corrected chi connectivity index (χ3v) is 4.26. The van der Waals surface area contributed by atoms with Gasteiger partial charge in [-0.3, -0.25) is 9.59 Å². The summed E-state index contributed by atoms with van der Waals surface area (Å²) in [5.41, 5.74) is 4.46. The molecule has 0 aliphatic rings. The molecule has 2 amide bonds. The van der Waals surface area contributed by atoms with Crippen molar-refractivity contribution in [2.24, 2.45) is 5.10 Å². The highest BCUT2D eigenvalue weighted by Gasteiger charge is 2.14. The summed E-state index contributed by atoms with van der Waals surface area (Å²) < 4.78 is 5.44. The van der Waals surface area contributed by atoms with Crippen molar-refractivity contribution >= 4 is 41.0 Å². The largest absolute Gasteiger partial charge is 0.494 e. The summed E-state index contributed by atoms with van der Waals surface area (Å²) in [4.78, 5) is 23.6. The van der Waals surface area contributed by atoms with E-state index in [4.69, 9.17) is 16.3 Å². The fourth-order valence-electron chi connectivity index (χ4n) is 2.31. The standard InChI is InChI=1S/C21H25ClN4O3/c1-4-14(3)24-20(27)21(28)26-23-13-15-12-16(22)6-11-19(15)25-17-7-9-18(10-8-17)29-5-2/h6-14,25H,4-5H2,1-3H3,(H,24,27)(H,26,28)/b23-13-/t14-/m1/s1. The number of amides is 2. The molecule has 0 heterocycles. The molecule has 0 fully saturated rings. The van der Waals surface area contributed by atoms with Crippen molar-refractivity contribution in [2.45, 2.75) is 33.2 Å². The molecular formula is C21H25ClN4O3. The summed E-state index contributed by atoms with van der Waals surface area (Å²) in [6.45, 7) is 6.27. The number of nitrogens with zero attached hydrogens (tertiary/aromatic N) is 1. The van der Waals surface area contributed by atoms with Gasteiger partial charge in [0, 0.05) is 28.0 Å². The minimum Gasteiger partial charge on any atom is -0.494 e. The van der Waals surface area contributed by atoms with Crippen molar-refractivity contribution in [3.05, 3.63) is 53.1 Å². The van der Waals surface area contributed by atoms with E-state index in [9.17, 15) is 9.59 Å². The maximum atomic E-state index is 11.8. The van der Waals surface area contributed by atoms with Gasteiger partial charge in [-0.05, 0) is 62.7 Å². The first kappa shape index (κ1) is 22.2. The van der Waals surface area contributed by atoms with Gasteiger partial charge in [0.15, 0.2) is 0 Å². The lowest BCUT2D eigenvalue weighted by Gasteiger charge is -2.11. The van der Waals surface area contributed by atoms with Gasteiger partial charge in [-0.15, -0.1) is 0 Å². The lowest BCUT2D eigenvalue weighted by molar-refractivity contribution is -0.139. The number of rotatable bonds is 8. The fourth-order valence-corrected chi connectivity index (χ4v) is 2.49. The van der Waals surface area contributed by atoms with E-state index in [2.05, 4.69) is 21.2 Å². The van der Waals surface area contributed by atoms with E-state index in [1.165, 1.54) is 6.21 Å². The van der Waals surface area contributed by atoms with Gasteiger partial charge in [-0.2, -0.15) is 5.10 Å². The van der Waals surface area contributed by atoms with Crippen molar-refractivity contribution in [1.82, 2.24) is 10.7 Å². The molecule has 154 valence electrons. The van der Waals surface area contributed by atoms with Crippen LogP contribution < -0.4 is 20.8 Å². The Balaban J connectivity index is 2.06. The van der Waals surface area contributed by atoms with Crippen molar-refractivity contribution in [1.29, 1.82) is 0 Å². The average Bonchev–Trinajstić information content (AvgIpc) is 2.71. The van der Waals surface area contributed by atoms with Crippen molar-refractivity contribution < 1.29 is 14.3 Å². The number of nitrogens with one attached hydrogen (secondary N) is 3. The quantitative estimate of drug-likeness (QED) is 0.346. The third kappa shape index (κ3) is 7.12. The topological polar surface area (TPSA) is 91.8 Å². The molecular weight excluding hydrogens is 392 g/mol. The van der Waals surface area contributed by atoms with Gasteiger partial charge in [0.1, 0.15) is 5.75 Å². The number of ether oxygens (including phenoxy) is 1. The maximum Gasteiger partial charge on any atom is 0.329 e. The normalized spacial score (nSPS) is 11.7. The Morgan fingerprint density at radius 2 is 1.86 bits per heavy atom. The highest BCUT2D eigenvalue weighted by atomic mass is 35.5. The van der Waals surface area contributed by atoms with Crippen LogP contribution in [-0.4, -0.2) is 30.7 Å². The first-order chi connectivity index (χ1) is 13.9. The lowest BCUT2D eigenvalue weighted by atomic mass is 10.2. The Bertz CT molecular complexity index is 869. The van der Waals surface area contributed by atoms with Gasteiger partial charge in [0.2, 0.25) is 0 Å². The summed E-state index contributed by atoms with van der Waals surface area (Å²) >= 11 is 6.08. The van der Waals surface area contributed by atoms with Crippen molar-refractivity contribution in [2.75, 3.05) is 11.9 Å². The van der Waals surface area contributed by atoms with Crippen LogP contribution in [0.1, 0.15) is 32.8 Å². The monoisotopic (exact) mass is 416 g/mol. The van der Waals surface area contributed by atoms with Crippen LogP contribution in [0.15, 0.2) is 47.6 Å². The predicted octanol–water partition coefficient (Wildman–Crippen LogP) is 3.85. The van der Waals surface area contributed by atoms with Crippen LogP contribution in [0.25, 0.3) is 0 Å². The summed E-state index contributed by atoms with van der Waals surface area (Å²) in [6.07, 6.45) is 2.16. The number of carbonyl (C=O) groups is 2. The molecule has 2 aromatic rings. The molecule has 0 aromatic heterocycles. The highest BCUT2D eigenvalue weighted by Crippen LogP contribution is 2.24. The molecule has 1 atom stereocenters. The van der Waals surface area contributed by atoms with Gasteiger partial charge in [-0.25, -0.2) is 5.43 Å². The molecule has 0 unspecified atom stereocenters. The second-order valence-electron chi connectivity index (χ2n) is 6.30. The molecule has 29 heavy (non-hydrogen) atoms. The Morgan fingerprint density at radius 1 is 1.14 bits per heavy atom. The number of hydrogen-bond acceptors (Lipinski definition) is 5. The second kappa shape index (κ2) is 11.1. The van der Waals surface area contributed by atoms with Crippen LogP contribution in [-0.2, 0) is 9.59 Å². The summed E-state index contributed by atoms with van der Waals surface area (Å²) in [7, 11) is 0. The first-order valence-electron chi connectivity index (χ1n) is 9.36. The van der Waals surface area contributed by atoms with E-state index in [-0.39, 0.29) is 6.04 Å². The molecule has 0 saturated carbocycles. The minimum atomic E-state index is -0.829. The molecule has 0 aliphatic carbocycles. The molecule has 0 saturated heterocycles. The Kier molecular flexibility index (Phi) is 8.48. The summed E-state index contributed by atoms with van der Waals surface area (Å²) in [6, 6.07) is 12.7. The van der Waals surface area contributed by atoms with Gasteiger partial charge in [0.05, 0.1) is 12.8 Å². The second-order valence-corrected chi connectivity index (χ2v) is 6.73. The Hall–Kier alpha value is -3.06. The van der Waals surface area contributed by atoms with E-state index < -0.39 is 11.8 Å². The number of anilines is 2. The average molecular weight is 417 g/mol. The number of carbonyl (C=O) groups excluding carboxylic acids is 2. The number of hydrogen-bond donors (Lipinski definition) is 3. The smallest absolute Gasteiger partial charge is 0.329 e. The predicted molar refractivity (Wildman–Crippen MR) is 116 cm³/mol. The highest BCUT2D eigenvalue weighted by molar-refractivity contribution is 6.35. The molecule has 8 heteroatoms. The van der Waals surface area contributed by atoms with Gasteiger partial charge < -0.3 is 15.4 Å². The van der Waals surface area contributed by atoms with Crippen LogP contribution >= 0.6 is 11.6 Å². The van der Waals surface area contributed by atoms with Crippen molar-refractivity contribution in [3.8, 4) is 5.75 Å². The minimum absolute atomic E-state index is 0.0879. The molecule has 0 bridgehead atoms. The van der Waals surface area contributed by atoms with E-state index in [1.54, 1.807) is 18.2 Å². The Labute approximate surface area is 175 Å². The summed E-state index contributed by atoms with van der Waals surface area (Å²) in [5.74, 6) is -0.769. The summed E-state index contributed by atoms with van der Waals surface area (Å²) in [5, 5.41) is 10.2. The van der Waals surface area contributed by atoms with Crippen LogP contribution in [0, 0.1) is 0 Å². The molecule has 2 rings (SSSR count). The van der Waals surface area contributed by atoms with Crippen molar-refractivity contribution in [3.63, 3.8) is 0 Å². The van der Waals surface area contributed by atoms with E-state index in [0.717, 1.165) is 23.5 Å². The number of benzene rings is 2. The van der Waals surface area contributed by atoms with Crippen LogP contribution in [0.4, 0.5) is 11.4 Å². The van der Waals surface area contributed by atoms with Gasteiger partial charge >= 0.3 is 11.8 Å². The molecule has 0 radical (unpaired) electrons. The fraction of sp³-hybridized carbons (Fsp3) is 0.286. The molecule has 3 N–H and O–H groups in total. The maximum absolute atomic E-state index is 11.8. The van der Waals surface area contributed by atoms with Crippen LogP contribution in [0.2, 0.25) is 5.02 Å². The first-order valence-corrected chi connectivity index (χ1v) is 9.74. The molecule has 0 spiro atoms. The van der Waals surface area contributed by atoms with Gasteiger partial charge in [0.25, 0.3) is 0 Å². The molecule has 0 aliphatic heterocycles. The van der Waals surface area contributed by atoms with E-state index in [1.807, 2.05) is 45.0 Å². The molecule has 7 nitrogen and oxygen atoms in total. The number of hydrazone groups is 1. The Morgan fingerprint density at radius 3 is 2.52 bits per heavy atom.